The maximum Gasteiger partial charge on any atom is 0.420 e. The number of carbonyl (C=O) groups excluding carboxylic acids is 1. The number of hydrogen-bond acceptors (Lipinski definition) is 6. The molecule has 0 N–H and O–H groups in total. The minimum absolute atomic E-state index is 0.0634. The topological polar surface area (TPSA) is 84.1 Å². The van der Waals surface area contributed by atoms with Crippen molar-refractivity contribution in [3.63, 3.8) is 0 Å². The lowest BCUT2D eigenvalue weighted by atomic mass is 9.91. The summed E-state index contributed by atoms with van der Waals surface area (Å²) in [4.78, 5) is 11.4. The Morgan fingerprint density at radius 2 is 1.86 bits per heavy atom. The van der Waals surface area contributed by atoms with E-state index in [1.165, 1.54) is 10.7 Å². The first kappa shape index (κ1) is 26.7. The normalized spacial score (nSPS) is 12.2. The average molecular weight is 556 g/mol. The third-order valence-electron chi connectivity index (χ3n) is 5.83. The van der Waals surface area contributed by atoms with Crippen LogP contribution in [-0.4, -0.2) is 50.3 Å². The second kappa shape index (κ2) is 9.86. The van der Waals surface area contributed by atoms with E-state index in [1.54, 1.807) is 36.1 Å². The number of hydrogen-bond donors (Lipinski definition) is 0. The van der Waals surface area contributed by atoms with Crippen molar-refractivity contribution in [2.75, 3.05) is 19.6 Å². The van der Waals surface area contributed by atoms with Crippen LogP contribution in [0.1, 0.15) is 25.1 Å². The van der Waals surface area contributed by atoms with Gasteiger partial charge in [0, 0.05) is 17.8 Å². The molecule has 0 radical (unpaired) electrons. The summed E-state index contributed by atoms with van der Waals surface area (Å²) in [5.41, 5.74) is 0.412. The molecule has 8 nitrogen and oxygen atoms in total. The van der Waals surface area contributed by atoms with Gasteiger partial charge in [0.15, 0.2) is 5.82 Å². The molecule has 0 unspecified atom stereocenters. The minimum atomic E-state index is -4.64. The highest BCUT2D eigenvalue weighted by Crippen LogP contribution is 2.43. The molecule has 0 saturated heterocycles. The largest absolute Gasteiger partial charge is 0.495 e. The van der Waals surface area contributed by atoms with Crippen LogP contribution >= 0.6 is 23.2 Å². The molecule has 2 aromatic heterocycles. The summed E-state index contributed by atoms with van der Waals surface area (Å²) < 4.78 is 54.0. The summed E-state index contributed by atoms with van der Waals surface area (Å²) in [6, 6.07) is 7.58. The number of rotatable bonds is 7. The van der Waals surface area contributed by atoms with Crippen LogP contribution in [0.25, 0.3) is 27.8 Å². The third kappa shape index (κ3) is 5.24. The molecule has 13 heteroatoms. The lowest BCUT2D eigenvalue weighted by molar-refractivity contribution is -0.142. The molecule has 0 aliphatic heterocycles. The van der Waals surface area contributed by atoms with Crippen LogP contribution in [0.2, 0.25) is 5.02 Å². The van der Waals surface area contributed by atoms with Gasteiger partial charge in [0.1, 0.15) is 18.2 Å². The second-order valence-electron chi connectivity index (χ2n) is 8.94. The minimum Gasteiger partial charge on any atom is -0.495 e. The van der Waals surface area contributed by atoms with Gasteiger partial charge in [0.25, 0.3) is 0 Å². The number of aromatic nitrogens is 5. The van der Waals surface area contributed by atoms with Crippen molar-refractivity contribution in [2.45, 2.75) is 25.4 Å². The Bertz CT molecular complexity index is 1480. The highest BCUT2D eigenvalue weighted by atomic mass is 35.5. The van der Waals surface area contributed by atoms with Gasteiger partial charge in [-0.15, -0.1) is 16.7 Å². The Labute approximate surface area is 219 Å². The number of aryl methyl sites for hydroxylation is 1. The number of ether oxygens (including phenoxy) is 2. The van der Waals surface area contributed by atoms with Crippen molar-refractivity contribution in [1.82, 2.24) is 24.8 Å². The van der Waals surface area contributed by atoms with Crippen LogP contribution < -0.4 is 4.74 Å². The van der Waals surface area contributed by atoms with Gasteiger partial charge in [-0.2, -0.15) is 23.0 Å². The van der Waals surface area contributed by atoms with Crippen LogP contribution in [0.4, 0.5) is 13.2 Å². The van der Waals surface area contributed by atoms with Crippen molar-refractivity contribution in [2.24, 2.45) is 7.05 Å². The number of fused-ring (bicyclic) bond motifs is 1. The third-order valence-corrected chi connectivity index (χ3v) is 6.32. The molecule has 4 rings (SSSR count). The maximum absolute atomic E-state index is 13.6. The average Bonchev–Trinajstić information content (AvgIpc) is 3.47. The standard InChI is InChI=1S/C24H22Cl2F3N5O3/c1-23(2,12-37-20(35)10-25)19-11-34(32-30-19)22-15-6-5-13(9-18(15)33(3)31-22)14-7-16(24(27,28)29)21(36-4)17(26)8-14/h5-9,11H,10,12H2,1-4H3. The van der Waals surface area contributed by atoms with Crippen molar-refractivity contribution < 1.29 is 27.4 Å². The summed E-state index contributed by atoms with van der Waals surface area (Å²) in [5, 5.41) is 13.5. The molecule has 0 aliphatic carbocycles. The van der Waals surface area contributed by atoms with E-state index in [9.17, 15) is 18.0 Å². The summed E-state index contributed by atoms with van der Waals surface area (Å²) in [6.45, 7) is 3.76. The summed E-state index contributed by atoms with van der Waals surface area (Å²) in [6.07, 6.45) is -2.96. The first-order valence-corrected chi connectivity index (χ1v) is 11.8. The zero-order chi connectivity index (χ0) is 27.1. The molecule has 196 valence electrons. The molecule has 37 heavy (non-hydrogen) atoms. The smallest absolute Gasteiger partial charge is 0.420 e. The molecular weight excluding hydrogens is 534 g/mol. The van der Waals surface area contributed by atoms with E-state index >= 15 is 0 Å². The summed E-state index contributed by atoms with van der Waals surface area (Å²) >= 11 is 11.6. The van der Waals surface area contributed by atoms with Crippen LogP contribution in [0, 0.1) is 0 Å². The number of alkyl halides is 4. The van der Waals surface area contributed by atoms with Crippen LogP contribution in [0.5, 0.6) is 5.75 Å². The number of halogens is 5. The van der Waals surface area contributed by atoms with Gasteiger partial charge in [-0.05, 0) is 35.4 Å². The van der Waals surface area contributed by atoms with Crippen molar-refractivity contribution in [1.29, 1.82) is 0 Å². The van der Waals surface area contributed by atoms with Crippen molar-refractivity contribution in [3.05, 3.63) is 52.8 Å². The predicted molar refractivity (Wildman–Crippen MR) is 132 cm³/mol. The molecule has 0 fully saturated rings. The number of nitrogens with zero attached hydrogens (tertiary/aromatic N) is 5. The van der Waals surface area contributed by atoms with E-state index in [-0.39, 0.29) is 23.1 Å². The number of esters is 1. The molecule has 0 amide bonds. The zero-order valence-electron chi connectivity index (χ0n) is 20.2. The number of methoxy groups -OCH3 is 1. The highest BCUT2D eigenvalue weighted by Gasteiger charge is 2.36. The Morgan fingerprint density at radius 3 is 2.51 bits per heavy atom. The fourth-order valence-corrected chi connectivity index (χ4v) is 4.19. The van der Waals surface area contributed by atoms with Gasteiger partial charge in [-0.3, -0.25) is 9.48 Å². The van der Waals surface area contributed by atoms with Gasteiger partial charge in [-0.25, -0.2) is 0 Å². The fourth-order valence-electron chi connectivity index (χ4n) is 3.82. The lowest BCUT2D eigenvalue weighted by Gasteiger charge is -2.20. The Kier molecular flexibility index (Phi) is 7.13. The Balaban J connectivity index is 1.72. The maximum atomic E-state index is 13.6. The lowest BCUT2D eigenvalue weighted by Crippen LogP contribution is -2.27. The summed E-state index contributed by atoms with van der Waals surface area (Å²) in [7, 11) is 2.85. The van der Waals surface area contributed by atoms with Crippen LogP contribution in [0.3, 0.4) is 0 Å². The molecule has 0 aliphatic rings. The van der Waals surface area contributed by atoms with Crippen LogP contribution in [-0.2, 0) is 28.2 Å². The predicted octanol–water partition coefficient (Wildman–Crippen LogP) is 5.56. The molecule has 0 spiro atoms. The van der Waals surface area contributed by atoms with Crippen molar-refractivity contribution >= 4 is 40.1 Å². The van der Waals surface area contributed by atoms with E-state index in [4.69, 9.17) is 32.7 Å². The molecular formula is C24H22Cl2F3N5O3. The van der Waals surface area contributed by atoms with Gasteiger partial charge in [-0.1, -0.05) is 36.7 Å². The molecule has 4 aromatic rings. The molecule has 0 atom stereocenters. The monoisotopic (exact) mass is 555 g/mol. The molecule has 0 bridgehead atoms. The second-order valence-corrected chi connectivity index (χ2v) is 9.62. The zero-order valence-corrected chi connectivity index (χ0v) is 21.7. The van der Waals surface area contributed by atoms with E-state index < -0.39 is 28.9 Å². The molecule has 2 aromatic carbocycles. The van der Waals surface area contributed by atoms with E-state index in [2.05, 4.69) is 15.4 Å². The molecule has 2 heterocycles. The van der Waals surface area contributed by atoms with Crippen molar-refractivity contribution in [3.8, 4) is 22.7 Å². The van der Waals surface area contributed by atoms with Gasteiger partial charge >= 0.3 is 12.1 Å². The quantitative estimate of drug-likeness (QED) is 0.219. The SMILES string of the molecule is COc1c(Cl)cc(-c2ccc3c(-n4cc(C(C)(C)COC(=O)CCl)nn4)nn(C)c3c2)cc1C(F)(F)F. The molecule has 0 saturated carbocycles. The van der Waals surface area contributed by atoms with E-state index in [0.29, 0.717) is 28.0 Å². The first-order chi connectivity index (χ1) is 17.4. The van der Waals surface area contributed by atoms with Gasteiger partial charge in [0.05, 0.1) is 35.1 Å². The van der Waals surface area contributed by atoms with Gasteiger partial charge < -0.3 is 9.47 Å². The highest BCUT2D eigenvalue weighted by molar-refractivity contribution is 6.32. The van der Waals surface area contributed by atoms with Gasteiger partial charge in [0.2, 0.25) is 0 Å². The van der Waals surface area contributed by atoms with E-state index in [0.717, 1.165) is 13.2 Å². The summed E-state index contributed by atoms with van der Waals surface area (Å²) in [5.74, 6) is -0.733. The number of carbonyl (C=O) groups is 1. The van der Waals surface area contributed by atoms with Crippen LogP contribution in [0.15, 0.2) is 36.5 Å². The number of benzene rings is 2. The first-order valence-electron chi connectivity index (χ1n) is 10.9. The Morgan fingerprint density at radius 1 is 1.14 bits per heavy atom. The Hall–Kier alpha value is -3.31. The fraction of sp³-hybridized carbons (Fsp3) is 0.333. The van der Waals surface area contributed by atoms with E-state index in [1.807, 2.05) is 13.8 Å².